The summed E-state index contributed by atoms with van der Waals surface area (Å²) >= 11 is 18.2. The van der Waals surface area contributed by atoms with Gasteiger partial charge < -0.3 is 5.11 Å². The number of thioether (sulfide) groups is 1. The number of carbonyl (C=O) groups excluding carboxylic acids is 1. The maximum Gasteiger partial charge on any atom is 0.265 e. The van der Waals surface area contributed by atoms with Crippen LogP contribution in [0.1, 0.15) is 5.56 Å². The Morgan fingerprint density at radius 3 is 2.62 bits per heavy atom. The standard InChI is InChI=1S/C17H11Cl2N3O2S2/c1-22-16(24)15(26-17(22)25)7-9-6-11(3-5-14(9)23)20-21-13-4-2-10(18)8-12(13)19/h2-8,23H,1H3/b15-7+,21-20?. The number of carbonyl (C=O) groups is 1. The average Bonchev–Trinajstić information content (AvgIpc) is 2.84. The molecule has 0 saturated carbocycles. The van der Waals surface area contributed by atoms with Crippen LogP contribution in [0.3, 0.4) is 0 Å². The summed E-state index contributed by atoms with van der Waals surface area (Å²) in [5, 5.41) is 19.2. The first-order valence-electron chi connectivity index (χ1n) is 7.26. The van der Waals surface area contributed by atoms with Crippen LogP contribution < -0.4 is 0 Å². The topological polar surface area (TPSA) is 65.3 Å². The van der Waals surface area contributed by atoms with Gasteiger partial charge in [-0.3, -0.25) is 9.69 Å². The molecule has 1 amide bonds. The molecule has 1 N–H and O–H groups in total. The smallest absolute Gasteiger partial charge is 0.265 e. The SMILES string of the molecule is CN1C(=O)/C(=C\c2cc(N=Nc3ccc(Cl)cc3Cl)ccc2O)SC1=S. The van der Waals surface area contributed by atoms with E-state index in [1.165, 1.54) is 22.7 Å². The van der Waals surface area contributed by atoms with Crippen molar-refractivity contribution < 1.29 is 9.90 Å². The Labute approximate surface area is 169 Å². The number of azo groups is 1. The number of hydrogen-bond acceptors (Lipinski definition) is 6. The molecule has 9 heteroatoms. The molecule has 0 aromatic heterocycles. The second-order valence-electron chi connectivity index (χ2n) is 5.28. The van der Waals surface area contributed by atoms with Crippen molar-refractivity contribution in [3.8, 4) is 5.75 Å². The molecule has 2 aromatic carbocycles. The fourth-order valence-electron chi connectivity index (χ4n) is 2.08. The second-order valence-corrected chi connectivity index (χ2v) is 7.80. The van der Waals surface area contributed by atoms with Crippen LogP contribution in [0, 0.1) is 0 Å². The number of rotatable bonds is 3. The Hall–Kier alpha value is -1.93. The van der Waals surface area contributed by atoms with Crippen LogP contribution in [0.25, 0.3) is 6.08 Å². The first-order valence-corrected chi connectivity index (χ1v) is 9.24. The summed E-state index contributed by atoms with van der Waals surface area (Å²) in [7, 11) is 1.61. The molecule has 1 aliphatic rings. The summed E-state index contributed by atoms with van der Waals surface area (Å²) in [4.78, 5) is 13.9. The first-order chi connectivity index (χ1) is 12.3. The van der Waals surface area contributed by atoms with Gasteiger partial charge in [0.25, 0.3) is 5.91 Å². The van der Waals surface area contributed by atoms with Crippen LogP contribution in [0.15, 0.2) is 51.5 Å². The molecule has 2 aromatic rings. The van der Waals surface area contributed by atoms with Gasteiger partial charge in [-0.15, -0.1) is 5.11 Å². The van der Waals surface area contributed by atoms with Gasteiger partial charge in [0.15, 0.2) is 0 Å². The lowest BCUT2D eigenvalue weighted by molar-refractivity contribution is -0.121. The van der Waals surface area contributed by atoms with E-state index < -0.39 is 0 Å². The highest BCUT2D eigenvalue weighted by Crippen LogP contribution is 2.35. The van der Waals surface area contributed by atoms with E-state index in [0.29, 0.717) is 36.2 Å². The van der Waals surface area contributed by atoms with E-state index in [1.54, 1.807) is 43.5 Å². The zero-order valence-electron chi connectivity index (χ0n) is 13.3. The fourth-order valence-corrected chi connectivity index (χ4v) is 3.70. The number of aromatic hydroxyl groups is 1. The molecular formula is C17H11Cl2N3O2S2. The number of amides is 1. The molecule has 0 atom stereocenters. The lowest BCUT2D eigenvalue weighted by atomic mass is 10.1. The van der Waals surface area contributed by atoms with Crippen LogP contribution >= 0.6 is 47.2 Å². The molecule has 1 aliphatic heterocycles. The van der Waals surface area contributed by atoms with Crippen molar-refractivity contribution in [2.24, 2.45) is 10.2 Å². The largest absolute Gasteiger partial charge is 0.507 e. The van der Waals surface area contributed by atoms with Gasteiger partial charge in [0.05, 0.1) is 15.6 Å². The quantitative estimate of drug-likeness (QED) is 0.376. The normalized spacial score (nSPS) is 16.3. The van der Waals surface area contributed by atoms with Gasteiger partial charge in [-0.2, -0.15) is 5.11 Å². The highest BCUT2D eigenvalue weighted by molar-refractivity contribution is 8.26. The van der Waals surface area contributed by atoms with Crippen molar-refractivity contribution in [1.82, 2.24) is 4.90 Å². The Kier molecular flexibility index (Phi) is 5.62. The van der Waals surface area contributed by atoms with E-state index in [1.807, 2.05) is 0 Å². The monoisotopic (exact) mass is 423 g/mol. The lowest BCUT2D eigenvalue weighted by Gasteiger charge is -2.04. The number of thiocarbonyl (C=S) groups is 1. The van der Waals surface area contributed by atoms with Gasteiger partial charge in [0.2, 0.25) is 0 Å². The maximum atomic E-state index is 12.1. The second kappa shape index (κ2) is 7.75. The summed E-state index contributed by atoms with van der Waals surface area (Å²) in [6.45, 7) is 0. The number of halogens is 2. The van der Waals surface area contributed by atoms with Crippen molar-refractivity contribution in [2.45, 2.75) is 0 Å². The van der Waals surface area contributed by atoms with E-state index in [2.05, 4.69) is 10.2 Å². The average molecular weight is 424 g/mol. The highest BCUT2D eigenvalue weighted by Gasteiger charge is 2.28. The van der Waals surface area contributed by atoms with E-state index in [0.717, 1.165) is 0 Å². The van der Waals surface area contributed by atoms with E-state index in [9.17, 15) is 9.90 Å². The maximum absolute atomic E-state index is 12.1. The Balaban J connectivity index is 1.90. The predicted octanol–water partition coefficient (Wildman–Crippen LogP) is 5.95. The molecule has 1 saturated heterocycles. The zero-order chi connectivity index (χ0) is 18.8. The zero-order valence-corrected chi connectivity index (χ0v) is 16.5. The third kappa shape index (κ3) is 4.07. The van der Waals surface area contributed by atoms with E-state index >= 15 is 0 Å². The summed E-state index contributed by atoms with van der Waals surface area (Å²) in [5.74, 6) is -0.186. The van der Waals surface area contributed by atoms with Gasteiger partial charge in [0.1, 0.15) is 15.8 Å². The molecule has 1 fully saturated rings. The lowest BCUT2D eigenvalue weighted by Crippen LogP contribution is -2.22. The minimum atomic E-state index is -0.209. The number of nitrogens with zero attached hydrogens (tertiary/aromatic N) is 3. The van der Waals surface area contributed by atoms with Gasteiger partial charge in [-0.25, -0.2) is 0 Å². The van der Waals surface area contributed by atoms with Gasteiger partial charge in [-0.1, -0.05) is 47.2 Å². The third-order valence-corrected chi connectivity index (χ3v) is 5.49. The predicted molar refractivity (Wildman–Crippen MR) is 110 cm³/mol. The van der Waals surface area contributed by atoms with Crippen molar-refractivity contribution in [3.63, 3.8) is 0 Å². The van der Waals surface area contributed by atoms with Gasteiger partial charge in [-0.05, 0) is 42.5 Å². The Morgan fingerprint density at radius 2 is 1.96 bits per heavy atom. The molecule has 0 unspecified atom stereocenters. The molecule has 5 nitrogen and oxygen atoms in total. The third-order valence-electron chi connectivity index (χ3n) is 3.47. The van der Waals surface area contributed by atoms with E-state index in [4.69, 9.17) is 35.4 Å². The summed E-state index contributed by atoms with van der Waals surface area (Å²) in [6.07, 6.45) is 1.58. The number of benzene rings is 2. The summed E-state index contributed by atoms with van der Waals surface area (Å²) < 4.78 is 0.467. The molecule has 0 spiro atoms. The molecule has 0 aliphatic carbocycles. The summed E-state index contributed by atoms with van der Waals surface area (Å²) in [5.41, 5.74) is 1.40. The number of hydrogen-bond donors (Lipinski definition) is 1. The molecule has 0 radical (unpaired) electrons. The Bertz CT molecular complexity index is 976. The number of phenols is 1. The number of likely N-dealkylation sites (N-methyl/N-ethyl adjacent to an activating group) is 1. The van der Waals surface area contributed by atoms with Crippen LogP contribution in [0.2, 0.25) is 10.0 Å². The molecule has 0 bridgehead atoms. The van der Waals surface area contributed by atoms with Gasteiger partial charge >= 0.3 is 0 Å². The minimum Gasteiger partial charge on any atom is -0.507 e. The molecule has 3 rings (SSSR count). The van der Waals surface area contributed by atoms with E-state index in [-0.39, 0.29) is 11.7 Å². The van der Waals surface area contributed by atoms with Crippen molar-refractivity contribution in [3.05, 3.63) is 56.9 Å². The van der Waals surface area contributed by atoms with Crippen LogP contribution in [0.5, 0.6) is 5.75 Å². The van der Waals surface area contributed by atoms with Gasteiger partial charge in [0, 0.05) is 17.6 Å². The van der Waals surface area contributed by atoms with Crippen molar-refractivity contribution in [2.75, 3.05) is 7.05 Å². The fraction of sp³-hybridized carbons (Fsp3) is 0.0588. The highest BCUT2D eigenvalue weighted by atomic mass is 35.5. The number of phenolic OH excluding ortho intramolecular Hbond substituents is 1. The summed E-state index contributed by atoms with van der Waals surface area (Å²) in [6, 6.07) is 9.59. The first kappa shape index (κ1) is 18.8. The Morgan fingerprint density at radius 1 is 1.19 bits per heavy atom. The molecule has 1 heterocycles. The van der Waals surface area contributed by atoms with Crippen molar-refractivity contribution in [1.29, 1.82) is 0 Å². The minimum absolute atomic E-state index is 0.0230. The van der Waals surface area contributed by atoms with Crippen LogP contribution in [-0.4, -0.2) is 27.3 Å². The van der Waals surface area contributed by atoms with Crippen LogP contribution in [-0.2, 0) is 4.79 Å². The molecule has 132 valence electrons. The van der Waals surface area contributed by atoms with Crippen molar-refractivity contribution >= 4 is 74.9 Å². The van der Waals surface area contributed by atoms with Crippen LogP contribution in [0.4, 0.5) is 11.4 Å². The molecular weight excluding hydrogens is 413 g/mol. The molecule has 26 heavy (non-hydrogen) atoms.